The molecule has 1 heterocycles. The molecule has 2 amide bonds. The van der Waals surface area contributed by atoms with Crippen LogP contribution >= 0.6 is 0 Å². The van der Waals surface area contributed by atoms with E-state index in [2.05, 4.69) is 5.32 Å². The van der Waals surface area contributed by atoms with Gasteiger partial charge in [-0.2, -0.15) is 0 Å². The van der Waals surface area contributed by atoms with E-state index in [-0.39, 0.29) is 25.2 Å². The van der Waals surface area contributed by atoms with Crippen molar-refractivity contribution in [3.8, 4) is 0 Å². The van der Waals surface area contributed by atoms with Gasteiger partial charge in [0.1, 0.15) is 12.6 Å². The molecule has 2 atom stereocenters. The van der Waals surface area contributed by atoms with Crippen molar-refractivity contribution in [1.82, 2.24) is 10.2 Å². The summed E-state index contributed by atoms with van der Waals surface area (Å²) in [5.74, 6) is -0.240. The van der Waals surface area contributed by atoms with Crippen LogP contribution in [0.15, 0.2) is 30.3 Å². The molecule has 1 aliphatic rings. The first kappa shape index (κ1) is 16.3. The lowest BCUT2D eigenvalue weighted by Crippen LogP contribution is -2.49. The molecule has 1 aliphatic heterocycles. The van der Waals surface area contributed by atoms with E-state index >= 15 is 0 Å². The molecule has 0 radical (unpaired) electrons. The molecular formula is C16H22N2O4. The van der Waals surface area contributed by atoms with E-state index in [0.717, 1.165) is 12.0 Å². The minimum atomic E-state index is -0.516. The highest BCUT2D eigenvalue weighted by Crippen LogP contribution is 2.19. The molecule has 0 aliphatic carbocycles. The third kappa shape index (κ3) is 4.21. The van der Waals surface area contributed by atoms with Crippen molar-refractivity contribution in [3.05, 3.63) is 35.9 Å². The first-order chi connectivity index (χ1) is 10.6. The predicted octanol–water partition coefficient (Wildman–Crippen LogP) is 1.28. The second-order valence-electron chi connectivity index (χ2n) is 5.48. The number of hydrogen-bond acceptors (Lipinski definition) is 4. The summed E-state index contributed by atoms with van der Waals surface area (Å²) in [7, 11) is 0. The molecular weight excluding hydrogens is 284 g/mol. The molecule has 2 unspecified atom stereocenters. The monoisotopic (exact) mass is 306 g/mol. The number of aliphatic hydroxyl groups excluding tert-OH is 1. The number of nitrogens with one attached hydrogen (secondary N) is 1. The van der Waals surface area contributed by atoms with Gasteiger partial charge in [0.15, 0.2) is 0 Å². The SMILES string of the molecule is CC(CO)NC(=O)C1CCCN1C(=O)OCc1ccccc1. The normalized spacial score (nSPS) is 18.8. The Hall–Kier alpha value is -2.08. The predicted molar refractivity (Wildman–Crippen MR) is 81.0 cm³/mol. The van der Waals surface area contributed by atoms with E-state index in [1.54, 1.807) is 6.92 Å². The Kier molecular flexibility index (Phi) is 5.77. The molecule has 0 aromatic heterocycles. The van der Waals surface area contributed by atoms with Crippen molar-refractivity contribution >= 4 is 12.0 Å². The summed E-state index contributed by atoms with van der Waals surface area (Å²) in [4.78, 5) is 25.8. The lowest BCUT2D eigenvalue weighted by atomic mass is 10.2. The Labute approximate surface area is 130 Å². The Morgan fingerprint density at radius 2 is 2.14 bits per heavy atom. The number of ether oxygens (including phenoxy) is 1. The molecule has 2 rings (SSSR count). The first-order valence-corrected chi connectivity index (χ1v) is 7.50. The number of rotatable bonds is 5. The van der Waals surface area contributed by atoms with Crippen LogP contribution in [-0.4, -0.2) is 47.2 Å². The summed E-state index contributed by atoms with van der Waals surface area (Å²) in [5.41, 5.74) is 0.907. The van der Waals surface area contributed by atoms with Crippen LogP contribution in [0, 0.1) is 0 Å². The molecule has 22 heavy (non-hydrogen) atoms. The summed E-state index contributed by atoms with van der Waals surface area (Å²) in [6.45, 7) is 2.29. The quantitative estimate of drug-likeness (QED) is 0.859. The number of benzene rings is 1. The van der Waals surface area contributed by atoms with E-state index < -0.39 is 12.1 Å². The van der Waals surface area contributed by atoms with Crippen molar-refractivity contribution in [2.75, 3.05) is 13.2 Å². The van der Waals surface area contributed by atoms with Gasteiger partial charge in [-0.1, -0.05) is 30.3 Å². The number of aliphatic hydroxyl groups is 1. The molecule has 1 aromatic carbocycles. The van der Waals surface area contributed by atoms with E-state index in [9.17, 15) is 9.59 Å². The number of hydrogen-bond donors (Lipinski definition) is 2. The molecule has 120 valence electrons. The zero-order valence-corrected chi connectivity index (χ0v) is 12.7. The van der Waals surface area contributed by atoms with Crippen LogP contribution in [0.4, 0.5) is 4.79 Å². The maximum Gasteiger partial charge on any atom is 0.410 e. The number of carbonyl (C=O) groups is 2. The summed E-state index contributed by atoms with van der Waals surface area (Å²) >= 11 is 0. The number of amides is 2. The van der Waals surface area contributed by atoms with Gasteiger partial charge in [0, 0.05) is 12.6 Å². The average Bonchev–Trinajstić information content (AvgIpc) is 3.03. The van der Waals surface area contributed by atoms with Gasteiger partial charge in [0.25, 0.3) is 0 Å². The topological polar surface area (TPSA) is 78.9 Å². The molecule has 0 bridgehead atoms. The van der Waals surface area contributed by atoms with E-state index in [1.165, 1.54) is 4.90 Å². The van der Waals surface area contributed by atoms with Gasteiger partial charge in [0.05, 0.1) is 6.61 Å². The minimum absolute atomic E-state index is 0.128. The van der Waals surface area contributed by atoms with Crippen molar-refractivity contribution in [2.45, 2.75) is 38.5 Å². The maximum absolute atomic E-state index is 12.2. The van der Waals surface area contributed by atoms with Crippen LogP contribution in [0.25, 0.3) is 0 Å². The first-order valence-electron chi connectivity index (χ1n) is 7.50. The number of likely N-dealkylation sites (tertiary alicyclic amines) is 1. The van der Waals surface area contributed by atoms with Gasteiger partial charge in [-0.25, -0.2) is 4.79 Å². The van der Waals surface area contributed by atoms with Crippen molar-refractivity contribution in [1.29, 1.82) is 0 Å². The molecule has 0 saturated carbocycles. The standard InChI is InChI=1S/C16H22N2O4/c1-12(10-19)17-15(20)14-8-5-9-18(14)16(21)22-11-13-6-3-2-4-7-13/h2-4,6-7,12,14,19H,5,8-11H2,1H3,(H,17,20). The third-order valence-corrected chi connectivity index (χ3v) is 3.66. The smallest absolute Gasteiger partial charge is 0.410 e. The fourth-order valence-electron chi connectivity index (χ4n) is 2.44. The Balaban J connectivity index is 1.89. The second kappa shape index (κ2) is 7.79. The molecule has 1 saturated heterocycles. The molecule has 0 spiro atoms. The van der Waals surface area contributed by atoms with Crippen LogP contribution in [0.5, 0.6) is 0 Å². The van der Waals surface area contributed by atoms with E-state index in [4.69, 9.17) is 9.84 Å². The Morgan fingerprint density at radius 3 is 2.82 bits per heavy atom. The van der Waals surface area contributed by atoms with Gasteiger partial charge in [-0.05, 0) is 25.3 Å². The Bertz CT molecular complexity index is 506. The lowest BCUT2D eigenvalue weighted by Gasteiger charge is -2.24. The highest BCUT2D eigenvalue weighted by molar-refractivity contribution is 5.86. The Morgan fingerprint density at radius 1 is 1.41 bits per heavy atom. The van der Waals surface area contributed by atoms with Crippen LogP contribution in [0.3, 0.4) is 0 Å². The fourth-order valence-corrected chi connectivity index (χ4v) is 2.44. The van der Waals surface area contributed by atoms with Crippen LogP contribution < -0.4 is 5.32 Å². The van der Waals surface area contributed by atoms with Crippen molar-refractivity contribution in [2.24, 2.45) is 0 Å². The fraction of sp³-hybridized carbons (Fsp3) is 0.500. The maximum atomic E-state index is 12.2. The zero-order valence-electron chi connectivity index (χ0n) is 12.7. The van der Waals surface area contributed by atoms with Crippen LogP contribution in [0.2, 0.25) is 0 Å². The van der Waals surface area contributed by atoms with Crippen LogP contribution in [-0.2, 0) is 16.1 Å². The minimum Gasteiger partial charge on any atom is -0.445 e. The molecule has 2 N–H and O–H groups in total. The summed E-state index contributed by atoms with van der Waals surface area (Å²) in [5, 5.41) is 11.7. The zero-order chi connectivity index (χ0) is 15.9. The van der Waals surface area contributed by atoms with Gasteiger partial charge in [0.2, 0.25) is 5.91 Å². The lowest BCUT2D eigenvalue weighted by molar-refractivity contribution is -0.126. The third-order valence-electron chi connectivity index (χ3n) is 3.66. The number of nitrogens with zero attached hydrogens (tertiary/aromatic N) is 1. The summed E-state index contributed by atoms with van der Waals surface area (Å²) in [6, 6.07) is 8.58. The van der Waals surface area contributed by atoms with Gasteiger partial charge >= 0.3 is 6.09 Å². The van der Waals surface area contributed by atoms with Gasteiger partial charge in [-0.15, -0.1) is 0 Å². The highest BCUT2D eigenvalue weighted by Gasteiger charge is 2.35. The van der Waals surface area contributed by atoms with Crippen molar-refractivity contribution < 1.29 is 19.4 Å². The second-order valence-corrected chi connectivity index (χ2v) is 5.48. The average molecular weight is 306 g/mol. The largest absolute Gasteiger partial charge is 0.445 e. The molecule has 1 aromatic rings. The summed E-state index contributed by atoms with van der Waals surface area (Å²) < 4.78 is 5.28. The molecule has 6 nitrogen and oxygen atoms in total. The molecule has 6 heteroatoms. The number of carbonyl (C=O) groups excluding carboxylic acids is 2. The van der Waals surface area contributed by atoms with E-state index in [1.807, 2.05) is 30.3 Å². The summed E-state index contributed by atoms with van der Waals surface area (Å²) in [6.07, 6.45) is 0.911. The molecule has 1 fully saturated rings. The van der Waals surface area contributed by atoms with E-state index in [0.29, 0.717) is 13.0 Å². The highest BCUT2D eigenvalue weighted by atomic mass is 16.6. The van der Waals surface area contributed by atoms with Gasteiger partial charge in [-0.3, -0.25) is 9.69 Å². The van der Waals surface area contributed by atoms with Gasteiger partial charge < -0.3 is 15.2 Å². The van der Waals surface area contributed by atoms with Crippen LogP contribution in [0.1, 0.15) is 25.3 Å². The van der Waals surface area contributed by atoms with Crippen molar-refractivity contribution in [3.63, 3.8) is 0 Å².